The summed E-state index contributed by atoms with van der Waals surface area (Å²) in [5.41, 5.74) is 2.94. The Hall–Kier alpha value is -2.73. The quantitative estimate of drug-likeness (QED) is 0.921. The van der Waals surface area contributed by atoms with E-state index in [0.29, 0.717) is 24.2 Å². The van der Waals surface area contributed by atoms with E-state index in [2.05, 4.69) is 67.4 Å². The normalized spacial score (nSPS) is 27.2. The number of allylic oxidation sites excluding steroid dienone is 5. The number of ether oxygens (including phenoxy) is 1. The van der Waals surface area contributed by atoms with Gasteiger partial charge in [-0.1, -0.05) is 42.5 Å². The van der Waals surface area contributed by atoms with Gasteiger partial charge in [0.25, 0.3) is 0 Å². The van der Waals surface area contributed by atoms with Crippen LogP contribution in [0.5, 0.6) is 0 Å². The summed E-state index contributed by atoms with van der Waals surface area (Å²) in [5.74, 6) is 1.25. The fourth-order valence-electron chi connectivity index (χ4n) is 4.07. The first-order valence-electron chi connectivity index (χ1n) is 9.16. The molecule has 132 valence electrons. The number of nitrogens with one attached hydrogen (secondary N) is 1. The molecule has 5 rings (SSSR count). The van der Waals surface area contributed by atoms with Crippen molar-refractivity contribution in [2.75, 3.05) is 18.1 Å². The van der Waals surface area contributed by atoms with Gasteiger partial charge >= 0.3 is 0 Å². The van der Waals surface area contributed by atoms with Crippen LogP contribution in [0, 0.1) is 5.92 Å². The second-order valence-corrected chi connectivity index (χ2v) is 6.91. The number of aromatic amines is 1. The van der Waals surface area contributed by atoms with Crippen molar-refractivity contribution < 1.29 is 4.74 Å². The minimum absolute atomic E-state index is 0.0937. The average molecular weight is 347 g/mol. The summed E-state index contributed by atoms with van der Waals surface area (Å²) in [6, 6.07) is 0.322. The van der Waals surface area contributed by atoms with Gasteiger partial charge in [-0.2, -0.15) is 0 Å². The lowest BCUT2D eigenvalue weighted by molar-refractivity contribution is 0.0572. The Morgan fingerprint density at radius 1 is 1.15 bits per heavy atom. The number of H-pyrrole nitrogens is 1. The highest BCUT2D eigenvalue weighted by atomic mass is 16.5. The third kappa shape index (κ3) is 2.66. The summed E-state index contributed by atoms with van der Waals surface area (Å²) in [7, 11) is 0. The number of rotatable bonds is 4. The van der Waals surface area contributed by atoms with Crippen LogP contribution in [0.2, 0.25) is 0 Å². The van der Waals surface area contributed by atoms with Gasteiger partial charge < -0.3 is 14.6 Å². The molecule has 1 aliphatic heterocycles. The zero-order valence-corrected chi connectivity index (χ0v) is 14.5. The highest BCUT2D eigenvalue weighted by Gasteiger charge is 2.30. The standard InChI is InChI=1S/C20H21N5O/c1-2-8-16-14(5-1)6-3-9-17(16)26-11-15-7-4-10-25(15)20-18-19(22-12-21-18)23-13-24-20/h1-3,5-6,8-9,12-13,15-17H,4,7,10-11H2,(H,21,22,23,24). The molecule has 2 aliphatic carbocycles. The third-order valence-electron chi connectivity index (χ3n) is 5.38. The van der Waals surface area contributed by atoms with E-state index >= 15 is 0 Å². The monoisotopic (exact) mass is 347 g/mol. The predicted octanol–water partition coefficient (Wildman–Crippen LogP) is 2.95. The Kier molecular flexibility index (Phi) is 3.90. The van der Waals surface area contributed by atoms with Crippen LogP contribution in [0.15, 0.2) is 60.8 Å². The molecular weight excluding hydrogens is 326 g/mol. The number of anilines is 1. The highest BCUT2D eigenvalue weighted by Crippen LogP contribution is 2.31. The van der Waals surface area contributed by atoms with Crippen LogP contribution >= 0.6 is 0 Å². The van der Waals surface area contributed by atoms with Crippen LogP contribution in [0.4, 0.5) is 5.82 Å². The molecule has 2 aromatic heterocycles. The molecule has 1 saturated heterocycles. The number of aromatic nitrogens is 4. The van der Waals surface area contributed by atoms with Gasteiger partial charge in [0, 0.05) is 12.5 Å². The van der Waals surface area contributed by atoms with Gasteiger partial charge in [-0.15, -0.1) is 0 Å². The van der Waals surface area contributed by atoms with Crippen LogP contribution in [0.3, 0.4) is 0 Å². The minimum Gasteiger partial charge on any atom is -0.371 e. The van der Waals surface area contributed by atoms with Crippen LogP contribution in [-0.2, 0) is 4.74 Å². The zero-order chi connectivity index (χ0) is 17.3. The SMILES string of the molecule is C1=CC2=CC=CC(OCC3CCCN3c3ncnc4nc[nH]c34)C2C=C1. The Bertz CT molecular complexity index is 925. The van der Waals surface area contributed by atoms with Crippen molar-refractivity contribution in [2.24, 2.45) is 5.92 Å². The molecule has 0 aromatic carbocycles. The number of imidazole rings is 1. The summed E-state index contributed by atoms with van der Waals surface area (Å²) in [6.45, 7) is 1.67. The molecule has 6 nitrogen and oxygen atoms in total. The maximum atomic E-state index is 6.36. The number of fused-ring (bicyclic) bond motifs is 2. The van der Waals surface area contributed by atoms with E-state index in [1.807, 2.05) is 0 Å². The maximum Gasteiger partial charge on any atom is 0.182 e. The van der Waals surface area contributed by atoms with Gasteiger partial charge in [0.1, 0.15) is 11.8 Å². The largest absolute Gasteiger partial charge is 0.371 e. The molecule has 3 aliphatic rings. The molecule has 3 heterocycles. The van der Waals surface area contributed by atoms with Crippen LogP contribution in [0.25, 0.3) is 11.2 Å². The van der Waals surface area contributed by atoms with E-state index in [9.17, 15) is 0 Å². The maximum absolute atomic E-state index is 6.36. The van der Waals surface area contributed by atoms with Gasteiger partial charge in [0.05, 0.1) is 25.1 Å². The van der Waals surface area contributed by atoms with Gasteiger partial charge in [0.2, 0.25) is 0 Å². The van der Waals surface area contributed by atoms with Crippen molar-refractivity contribution in [3.63, 3.8) is 0 Å². The lowest BCUT2D eigenvalue weighted by Gasteiger charge is -2.31. The Labute approximate surface area is 152 Å². The summed E-state index contributed by atoms with van der Waals surface area (Å²) in [4.78, 5) is 18.5. The van der Waals surface area contributed by atoms with Crippen molar-refractivity contribution in [3.8, 4) is 0 Å². The summed E-state index contributed by atoms with van der Waals surface area (Å²) in [6.07, 6.45) is 20.6. The summed E-state index contributed by atoms with van der Waals surface area (Å²) in [5, 5.41) is 0. The number of nitrogens with zero attached hydrogens (tertiary/aromatic N) is 4. The summed E-state index contributed by atoms with van der Waals surface area (Å²) >= 11 is 0. The molecule has 3 atom stereocenters. The van der Waals surface area contributed by atoms with Crippen molar-refractivity contribution in [3.05, 3.63) is 60.8 Å². The fourth-order valence-corrected chi connectivity index (χ4v) is 4.07. The van der Waals surface area contributed by atoms with E-state index < -0.39 is 0 Å². The smallest absolute Gasteiger partial charge is 0.182 e. The van der Waals surface area contributed by atoms with Gasteiger partial charge in [-0.05, 0) is 18.4 Å². The van der Waals surface area contributed by atoms with Gasteiger partial charge in [0.15, 0.2) is 11.5 Å². The van der Waals surface area contributed by atoms with Crippen molar-refractivity contribution in [2.45, 2.75) is 25.0 Å². The van der Waals surface area contributed by atoms with Crippen LogP contribution in [-0.4, -0.2) is 45.2 Å². The molecule has 6 heteroatoms. The minimum atomic E-state index is 0.0937. The van der Waals surface area contributed by atoms with Crippen molar-refractivity contribution in [1.82, 2.24) is 19.9 Å². The Morgan fingerprint density at radius 2 is 2.15 bits per heavy atom. The van der Waals surface area contributed by atoms with Gasteiger partial charge in [-0.25, -0.2) is 15.0 Å². The molecule has 0 amide bonds. The topological polar surface area (TPSA) is 66.9 Å². The lowest BCUT2D eigenvalue weighted by Crippen LogP contribution is -2.36. The highest BCUT2D eigenvalue weighted by molar-refractivity contribution is 5.83. The molecule has 26 heavy (non-hydrogen) atoms. The third-order valence-corrected chi connectivity index (χ3v) is 5.38. The fraction of sp³-hybridized carbons (Fsp3) is 0.350. The van der Waals surface area contributed by atoms with Crippen molar-refractivity contribution in [1.29, 1.82) is 0 Å². The molecule has 2 aromatic rings. The zero-order valence-electron chi connectivity index (χ0n) is 14.5. The molecule has 0 saturated carbocycles. The second-order valence-electron chi connectivity index (χ2n) is 6.91. The number of hydrogen-bond donors (Lipinski definition) is 1. The van der Waals surface area contributed by atoms with Crippen molar-refractivity contribution >= 4 is 17.0 Å². The predicted molar refractivity (Wildman–Crippen MR) is 101 cm³/mol. The van der Waals surface area contributed by atoms with Crippen LogP contribution in [0.1, 0.15) is 12.8 Å². The Balaban J connectivity index is 1.32. The molecule has 1 fully saturated rings. The van der Waals surface area contributed by atoms with E-state index in [-0.39, 0.29) is 6.10 Å². The first kappa shape index (κ1) is 15.5. The van der Waals surface area contributed by atoms with E-state index in [1.165, 1.54) is 5.57 Å². The van der Waals surface area contributed by atoms with E-state index in [1.54, 1.807) is 12.7 Å². The van der Waals surface area contributed by atoms with Gasteiger partial charge in [-0.3, -0.25) is 0 Å². The number of hydrogen-bond acceptors (Lipinski definition) is 5. The molecule has 0 bridgehead atoms. The van der Waals surface area contributed by atoms with Crippen LogP contribution < -0.4 is 4.90 Å². The van der Waals surface area contributed by atoms with E-state index in [4.69, 9.17) is 4.74 Å². The molecule has 0 radical (unpaired) electrons. The second kappa shape index (κ2) is 6.53. The average Bonchev–Trinajstić information content (AvgIpc) is 3.35. The first-order valence-corrected chi connectivity index (χ1v) is 9.16. The molecule has 3 unspecified atom stereocenters. The first-order chi connectivity index (χ1) is 12.9. The molecule has 0 spiro atoms. The Morgan fingerprint density at radius 3 is 3.15 bits per heavy atom. The molecule has 1 N–H and O–H groups in total. The van der Waals surface area contributed by atoms with E-state index in [0.717, 1.165) is 30.7 Å². The summed E-state index contributed by atoms with van der Waals surface area (Å²) < 4.78 is 6.36. The molecular formula is C20H21N5O. The lowest BCUT2D eigenvalue weighted by atomic mass is 9.86.